The van der Waals surface area contributed by atoms with Gasteiger partial charge in [0.25, 0.3) is 0 Å². The average molecular weight is 228 g/mol. The molecular formula is C2H9Cl3N4S. The highest BCUT2D eigenvalue weighted by Gasteiger charge is 1.52. The zero-order chi connectivity index (χ0) is 6.28. The Morgan fingerprint density at radius 3 is 1.20 bits per heavy atom. The highest BCUT2D eigenvalue weighted by atomic mass is 35.5. The van der Waals surface area contributed by atoms with Crippen LogP contribution >= 0.6 is 49.4 Å². The van der Waals surface area contributed by atoms with Gasteiger partial charge in [0, 0.05) is 0 Å². The second-order valence-corrected chi connectivity index (χ2v) is 0.762. The fourth-order valence-corrected chi connectivity index (χ4v) is 0. The predicted molar refractivity (Wildman–Crippen MR) is 53.2 cm³/mol. The van der Waals surface area contributed by atoms with E-state index in [0.29, 0.717) is 0 Å². The Kier molecular flexibility index (Phi) is 118. The van der Waals surface area contributed by atoms with E-state index in [4.69, 9.17) is 10.8 Å². The monoisotopic (exact) mass is 226 g/mol. The van der Waals surface area contributed by atoms with Crippen LogP contribution < -0.4 is 11.5 Å². The summed E-state index contributed by atoms with van der Waals surface area (Å²) in [6.45, 7) is 0. The fourth-order valence-electron chi connectivity index (χ4n) is 0. The summed E-state index contributed by atoms with van der Waals surface area (Å²) in [5.41, 5.74) is 8.94. The first-order valence-corrected chi connectivity index (χ1v) is 1.69. The first-order valence-electron chi connectivity index (χ1n) is 1.28. The molecule has 0 fully saturated rings. The number of guanidine groups is 1. The first-order chi connectivity index (χ1) is 3.15. The molecule has 0 rings (SSSR count). The molecule has 0 aromatic rings. The van der Waals surface area contributed by atoms with Crippen LogP contribution in [0.4, 0.5) is 0 Å². The van der Waals surface area contributed by atoms with Crippen LogP contribution in [0, 0.1) is 10.8 Å². The summed E-state index contributed by atoms with van der Waals surface area (Å²) in [7, 11) is 0. The molecule has 0 aliphatic carbocycles. The SMILES string of the molecule is Cl.Cl.Cl.N=C(N)N.N=C=S. The van der Waals surface area contributed by atoms with Gasteiger partial charge in [0.1, 0.15) is 0 Å². The summed E-state index contributed by atoms with van der Waals surface area (Å²) in [5.74, 6) is -0.333. The van der Waals surface area contributed by atoms with Crippen molar-refractivity contribution in [3.05, 3.63) is 0 Å². The Morgan fingerprint density at radius 2 is 1.20 bits per heavy atom. The smallest absolute Gasteiger partial charge is 0.183 e. The van der Waals surface area contributed by atoms with E-state index in [9.17, 15) is 0 Å². The molecule has 6 N–H and O–H groups in total. The second kappa shape index (κ2) is 36.3. The minimum atomic E-state index is -0.333. The molecule has 8 heteroatoms. The van der Waals surface area contributed by atoms with Gasteiger partial charge < -0.3 is 11.5 Å². The van der Waals surface area contributed by atoms with Crippen molar-refractivity contribution in [2.45, 2.75) is 0 Å². The number of isothiocyanates is 1. The molecule has 0 saturated carbocycles. The normalized spacial score (nSPS) is 3.20. The molecule has 0 spiro atoms. The Balaban J connectivity index is -0.0000000131. The van der Waals surface area contributed by atoms with Gasteiger partial charge in [-0.2, -0.15) is 0 Å². The van der Waals surface area contributed by atoms with Crippen molar-refractivity contribution >= 4 is 60.6 Å². The Labute approximate surface area is 83.0 Å². The summed E-state index contributed by atoms with van der Waals surface area (Å²) < 4.78 is 0. The van der Waals surface area contributed by atoms with E-state index in [1.165, 1.54) is 0 Å². The molecule has 0 aliphatic rings. The van der Waals surface area contributed by atoms with E-state index >= 15 is 0 Å². The third-order valence-corrected chi connectivity index (χ3v) is 0. The maximum Gasteiger partial charge on any atom is 0.183 e. The van der Waals surface area contributed by atoms with Crippen molar-refractivity contribution in [1.82, 2.24) is 0 Å². The van der Waals surface area contributed by atoms with Crippen LogP contribution in [0.5, 0.6) is 0 Å². The van der Waals surface area contributed by atoms with Crippen LogP contribution in [-0.2, 0) is 0 Å². The number of rotatable bonds is 0. The molecule has 0 radical (unpaired) electrons. The second-order valence-electron chi connectivity index (χ2n) is 0.557. The van der Waals surface area contributed by atoms with Gasteiger partial charge in [0.2, 0.25) is 0 Å². The molecule has 0 amide bonds. The van der Waals surface area contributed by atoms with Crippen LogP contribution in [0.1, 0.15) is 0 Å². The van der Waals surface area contributed by atoms with Gasteiger partial charge >= 0.3 is 0 Å². The van der Waals surface area contributed by atoms with Crippen LogP contribution in [0.15, 0.2) is 0 Å². The largest absolute Gasteiger partial charge is 0.370 e. The molecule has 0 aliphatic heterocycles. The van der Waals surface area contributed by atoms with Crippen molar-refractivity contribution < 1.29 is 0 Å². The van der Waals surface area contributed by atoms with E-state index in [2.05, 4.69) is 23.7 Å². The predicted octanol–water partition coefficient (Wildman–Crippen LogP) is 0.772. The average Bonchev–Trinajstić information content (AvgIpc) is 1.33. The lowest BCUT2D eigenvalue weighted by Gasteiger charge is -1.69. The maximum atomic E-state index is 6.06. The van der Waals surface area contributed by atoms with Gasteiger partial charge in [-0.25, -0.2) is 5.41 Å². The number of hydrogen-bond donors (Lipinski definition) is 4. The molecule has 0 aromatic carbocycles. The molecule has 4 nitrogen and oxygen atoms in total. The van der Waals surface area contributed by atoms with E-state index in [1.54, 1.807) is 5.16 Å². The molecule has 0 aromatic heterocycles. The lowest BCUT2D eigenvalue weighted by molar-refractivity contribution is 1.39. The lowest BCUT2D eigenvalue weighted by atomic mass is 11.1. The molecule has 0 bridgehead atoms. The van der Waals surface area contributed by atoms with E-state index < -0.39 is 0 Å². The molecule has 0 heterocycles. The molecule has 0 atom stereocenters. The standard InChI is InChI=1S/CH5N3.CHNS.3ClH/c2-1(3)4;2-1-3;;;/h(H5,2,3,4);2H;3*1H. The summed E-state index contributed by atoms with van der Waals surface area (Å²) in [6, 6.07) is 0. The van der Waals surface area contributed by atoms with Crippen molar-refractivity contribution in [2.75, 3.05) is 0 Å². The number of nitrogens with two attached hydrogens (primary N) is 2. The minimum absolute atomic E-state index is 0. The fraction of sp³-hybridized carbons (Fsp3) is 0. The number of halogens is 3. The van der Waals surface area contributed by atoms with Gasteiger partial charge in [-0.3, -0.25) is 5.41 Å². The van der Waals surface area contributed by atoms with Crippen molar-refractivity contribution in [2.24, 2.45) is 11.5 Å². The third kappa shape index (κ3) is 106000. The number of thiocarbonyl (C=S) groups is 1. The van der Waals surface area contributed by atoms with Crippen LogP contribution in [0.25, 0.3) is 0 Å². The quantitative estimate of drug-likeness (QED) is 0.279. The molecule has 10 heavy (non-hydrogen) atoms. The summed E-state index contributed by atoms with van der Waals surface area (Å²) in [6.07, 6.45) is 0. The number of hydrogen-bond acceptors (Lipinski definition) is 3. The zero-order valence-corrected chi connectivity index (χ0v) is 8.05. The van der Waals surface area contributed by atoms with Gasteiger partial charge in [-0.15, -0.1) is 37.2 Å². The maximum absolute atomic E-state index is 6.06. The van der Waals surface area contributed by atoms with E-state index in [-0.39, 0.29) is 43.2 Å². The van der Waals surface area contributed by atoms with Crippen LogP contribution in [0.3, 0.4) is 0 Å². The molecule has 0 saturated heterocycles. The van der Waals surface area contributed by atoms with Gasteiger partial charge in [0.15, 0.2) is 5.96 Å². The van der Waals surface area contributed by atoms with E-state index in [0.717, 1.165) is 0 Å². The zero-order valence-electron chi connectivity index (χ0n) is 4.79. The molecular weight excluding hydrogens is 218 g/mol. The first kappa shape index (κ1) is 32.6. The third-order valence-electron chi connectivity index (χ3n) is 0. The summed E-state index contributed by atoms with van der Waals surface area (Å²) in [5, 5.41) is 13.4. The van der Waals surface area contributed by atoms with E-state index in [1.807, 2.05) is 0 Å². The Morgan fingerprint density at radius 1 is 1.20 bits per heavy atom. The van der Waals surface area contributed by atoms with Crippen LogP contribution in [-0.4, -0.2) is 11.1 Å². The van der Waals surface area contributed by atoms with Crippen LogP contribution in [0.2, 0.25) is 0 Å². The number of nitrogens with one attached hydrogen (secondary N) is 2. The van der Waals surface area contributed by atoms with Crippen molar-refractivity contribution in [3.8, 4) is 0 Å². The highest BCUT2D eigenvalue weighted by molar-refractivity contribution is 7.78. The highest BCUT2D eigenvalue weighted by Crippen LogP contribution is 1.16. The summed E-state index contributed by atoms with van der Waals surface area (Å²) >= 11 is 3.81. The van der Waals surface area contributed by atoms with Crippen molar-refractivity contribution in [3.63, 3.8) is 0 Å². The van der Waals surface area contributed by atoms with Crippen molar-refractivity contribution in [1.29, 1.82) is 10.8 Å². The lowest BCUT2D eigenvalue weighted by Crippen LogP contribution is -2.20. The minimum Gasteiger partial charge on any atom is -0.370 e. The van der Waals surface area contributed by atoms with Gasteiger partial charge in [0.05, 0.1) is 5.16 Å². The Hall–Kier alpha value is -0.0600. The Bertz CT molecular complexity index is 86.5. The molecule has 0 unspecified atom stereocenters. The summed E-state index contributed by atoms with van der Waals surface area (Å²) in [4.78, 5) is 0. The van der Waals surface area contributed by atoms with Gasteiger partial charge in [-0.05, 0) is 12.2 Å². The molecule has 64 valence electrons. The van der Waals surface area contributed by atoms with Gasteiger partial charge in [-0.1, -0.05) is 0 Å². The topological polar surface area (TPSA) is 99.7 Å².